The first-order valence-electron chi connectivity index (χ1n) is 6.60. The van der Waals surface area contributed by atoms with Crippen LogP contribution in [0.4, 0.5) is 11.4 Å². The van der Waals surface area contributed by atoms with Crippen LogP contribution in [-0.4, -0.2) is 25.9 Å². The van der Waals surface area contributed by atoms with Gasteiger partial charge in [-0.05, 0) is 37.3 Å². The number of pyridine rings is 1. The van der Waals surface area contributed by atoms with Crippen LogP contribution in [-0.2, 0) is 10.0 Å². The highest BCUT2D eigenvalue weighted by molar-refractivity contribution is 7.90. The summed E-state index contributed by atoms with van der Waals surface area (Å²) < 4.78 is 28.5. The van der Waals surface area contributed by atoms with Gasteiger partial charge in [0.2, 0.25) is 5.96 Å². The Bertz CT molecular complexity index is 837. The highest BCUT2D eigenvalue weighted by atomic mass is 35.5. The van der Waals surface area contributed by atoms with Crippen molar-refractivity contribution in [3.05, 3.63) is 47.7 Å². The van der Waals surface area contributed by atoms with Crippen LogP contribution in [0.15, 0.2) is 52.0 Å². The highest BCUT2D eigenvalue weighted by Crippen LogP contribution is 2.31. The summed E-state index contributed by atoms with van der Waals surface area (Å²) in [6, 6.07) is 8.15. The van der Waals surface area contributed by atoms with Crippen LogP contribution in [0, 0.1) is 0 Å². The minimum atomic E-state index is -3.77. The molecule has 0 aliphatic carbocycles. The van der Waals surface area contributed by atoms with Crippen LogP contribution in [0.25, 0.3) is 0 Å². The predicted molar refractivity (Wildman–Crippen MR) is 87.0 cm³/mol. The maximum atomic E-state index is 12.3. The fraction of sp³-hybridized carbons (Fsp3) is 0.143. The Labute approximate surface area is 133 Å². The van der Waals surface area contributed by atoms with Gasteiger partial charge >= 0.3 is 0 Å². The third-order valence-corrected chi connectivity index (χ3v) is 4.76. The summed E-state index contributed by atoms with van der Waals surface area (Å²) in [5, 5.41) is 3.48. The maximum absolute atomic E-state index is 12.3. The molecule has 0 amide bonds. The van der Waals surface area contributed by atoms with Crippen LogP contribution >= 0.6 is 11.6 Å². The topological polar surface area (TPSA) is 74.7 Å². The van der Waals surface area contributed by atoms with Gasteiger partial charge in [-0.25, -0.2) is 0 Å². The molecule has 1 aromatic heterocycles. The standard InChI is InChI=1S/C14H13ClN4O2S/c1-2-19(11-4-3-7-16-9-11)14-17-12-8-10(15)5-6-13(12)22(20,21)18-14/h3-9H,2H2,1H3,(H,17,18). The number of rotatable bonds is 2. The van der Waals surface area contributed by atoms with Gasteiger partial charge in [0.1, 0.15) is 4.90 Å². The molecule has 6 nitrogen and oxygen atoms in total. The van der Waals surface area contributed by atoms with Gasteiger partial charge in [0, 0.05) is 17.8 Å². The van der Waals surface area contributed by atoms with Crippen molar-refractivity contribution in [2.45, 2.75) is 11.8 Å². The van der Waals surface area contributed by atoms with E-state index in [1.54, 1.807) is 29.4 Å². The molecule has 0 saturated carbocycles. The number of benzene rings is 1. The summed E-state index contributed by atoms with van der Waals surface area (Å²) in [6.07, 6.45) is 3.30. The summed E-state index contributed by atoms with van der Waals surface area (Å²) in [7, 11) is -3.77. The second-order valence-electron chi connectivity index (χ2n) is 4.61. The number of aromatic nitrogens is 1. The summed E-state index contributed by atoms with van der Waals surface area (Å²) in [5.74, 6) is 0.227. The number of hydrogen-bond acceptors (Lipinski definition) is 5. The zero-order valence-electron chi connectivity index (χ0n) is 11.7. The first kappa shape index (κ1) is 14.8. The lowest BCUT2D eigenvalue weighted by Gasteiger charge is -2.28. The molecule has 1 aliphatic heterocycles. The van der Waals surface area contributed by atoms with Crippen LogP contribution in [0.1, 0.15) is 6.92 Å². The molecule has 0 spiro atoms. The van der Waals surface area contributed by atoms with Gasteiger partial charge in [-0.3, -0.25) is 4.98 Å². The van der Waals surface area contributed by atoms with Crippen LogP contribution in [0.3, 0.4) is 0 Å². The number of halogens is 1. The quantitative estimate of drug-likeness (QED) is 0.912. The SMILES string of the molecule is CCN(C1=NS(=O)(=O)c2ccc(Cl)cc2N1)c1cccnc1. The molecule has 114 valence electrons. The number of nitrogens with one attached hydrogen (secondary N) is 1. The Morgan fingerprint density at radius 1 is 1.32 bits per heavy atom. The molecule has 1 aliphatic rings. The van der Waals surface area contributed by atoms with Crippen LogP contribution in [0.5, 0.6) is 0 Å². The van der Waals surface area contributed by atoms with Gasteiger partial charge in [-0.15, -0.1) is 4.40 Å². The van der Waals surface area contributed by atoms with Gasteiger partial charge < -0.3 is 10.2 Å². The number of hydrogen-bond donors (Lipinski definition) is 1. The molecule has 22 heavy (non-hydrogen) atoms. The normalized spacial score (nSPS) is 15.5. The number of anilines is 2. The minimum absolute atomic E-state index is 0.114. The van der Waals surface area contributed by atoms with Gasteiger partial charge in [0.05, 0.1) is 17.6 Å². The summed E-state index contributed by atoms with van der Waals surface area (Å²) in [5.41, 5.74) is 1.16. The summed E-state index contributed by atoms with van der Waals surface area (Å²) in [4.78, 5) is 5.89. The van der Waals surface area contributed by atoms with Crippen LogP contribution in [0.2, 0.25) is 5.02 Å². The van der Waals surface area contributed by atoms with E-state index in [1.165, 1.54) is 12.1 Å². The monoisotopic (exact) mass is 336 g/mol. The lowest BCUT2D eigenvalue weighted by atomic mass is 10.3. The van der Waals surface area contributed by atoms with Crippen molar-refractivity contribution in [3.8, 4) is 0 Å². The van der Waals surface area contributed by atoms with Crippen LogP contribution < -0.4 is 10.2 Å². The maximum Gasteiger partial charge on any atom is 0.287 e. The van der Waals surface area contributed by atoms with E-state index in [-0.39, 0.29) is 10.9 Å². The van der Waals surface area contributed by atoms with E-state index < -0.39 is 10.0 Å². The van der Waals surface area contributed by atoms with Crippen molar-refractivity contribution >= 4 is 39.0 Å². The Balaban J connectivity index is 2.08. The first-order valence-corrected chi connectivity index (χ1v) is 8.42. The Hall–Kier alpha value is -2.12. The van der Waals surface area contributed by atoms with Crippen molar-refractivity contribution in [1.82, 2.24) is 4.98 Å². The smallest absolute Gasteiger partial charge is 0.287 e. The van der Waals surface area contributed by atoms with Crippen molar-refractivity contribution in [1.29, 1.82) is 0 Å². The minimum Gasteiger partial charge on any atom is -0.324 e. The molecular weight excluding hydrogens is 324 g/mol. The molecule has 0 radical (unpaired) electrons. The number of fused-ring (bicyclic) bond motifs is 1. The van der Waals surface area contributed by atoms with Gasteiger partial charge in [-0.1, -0.05) is 11.6 Å². The molecule has 8 heteroatoms. The fourth-order valence-corrected chi connectivity index (χ4v) is 3.49. The van der Waals surface area contributed by atoms with Crippen molar-refractivity contribution < 1.29 is 8.42 Å². The fourth-order valence-electron chi connectivity index (χ4n) is 2.22. The molecule has 0 bridgehead atoms. The average Bonchev–Trinajstić information content (AvgIpc) is 2.48. The number of sulfonamides is 1. The Morgan fingerprint density at radius 2 is 2.14 bits per heavy atom. The lowest BCUT2D eigenvalue weighted by molar-refractivity contribution is 0.597. The lowest BCUT2D eigenvalue weighted by Crippen LogP contribution is -2.39. The van der Waals surface area contributed by atoms with E-state index >= 15 is 0 Å². The number of guanidine groups is 1. The summed E-state index contributed by atoms with van der Waals surface area (Å²) >= 11 is 5.95. The van der Waals surface area contributed by atoms with E-state index in [9.17, 15) is 8.42 Å². The third-order valence-electron chi connectivity index (χ3n) is 3.20. The van der Waals surface area contributed by atoms with Gasteiger partial charge in [0.15, 0.2) is 0 Å². The van der Waals surface area contributed by atoms with E-state index in [4.69, 9.17) is 11.6 Å². The number of nitrogens with zero attached hydrogens (tertiary/aromatic N) is 3. The molecule has 0 unspecified atom stereocenters. The molecule has 0 saturated heterocycles. The molecule has 1 aromatic carbocycles. The largest absolute Gasteiger partial charge is 0.324 e. The second kappa shape index (κ2) is 5.58. The molecule has 1 N–H and O–H groups in total. The third kappa shape index (κ3) is 2.65. The molecule has 2 aromatic rings. The molecule has 0 fully saturated rings. The highest BCUT2D eigenvalue weighted by Gasteiger charge is 2.27. The summed E-state index contributed by atoms with van der Waals surface area (Å²) in [6.45, 7) is 2.43. The van der Waals surface area contributed by atoms with Crippen molar-refractivity contribution in [3.63, 3.8) is 0 Å². The zero-order valence-corrected chi connectivity index (χ0v) is 13.3. The van der Waals surface area contributed by atoms with E-state index in [0.717, 1.165) is 5.69 Å². The first-order chi connectivity index (χ1) is 10.5. The van der Waals surface area contributed by atoms with E-state index in [0.29, 0.717) is 17.3 Å². The Kier molecular flexibility index (Phi) is 3.76. The molecule has 0 atom stereocenters. The second-order valence-corrected chi connectivity index (χ2v) is 6.62. The van der Waals surface area contributed by atoms with Gasteiger partial charge in [-0.2, -0.15) is 8.42 Å². The zero-order chi connectivity index (χ0) is 15.7. The van der Waals surface area contributed by atoms with Crippen molar-refractivity contribution in [2.24, 2.45) is 4.40 Å². The van der Waals surface area contributed by atoms with Gasteiger partial charge in [0.25, 0.3) is 10.0 Å². The van der Waals surface area contributed by atoms with E-state index in [2.05, 4.69) is 14.7 Å². The molecule has 3 rings (SSSR count). The predicted octanol–water partition coefficient (Wildman–Crippen LogP) is 2.73. The molecule has 2 heterocycles. The average molecular weight is 337 g/mol. The molecular formula is C14H13ClN4O2S. The Morgan fingerprint density at radius 3 is 2.82 bits per heavy atom. The van der Waals surface area contributed by atoms with E-state index in [1.807, 2.05) is 13.0 Å². The van der Waals surface area contributed by atoms with Crippen molar-refractivity contribution in [2.75, 3.05) is 16.8 Å².